The summed E-state index contributed by atoms with van der Waals surface area (Å²) in [6, 6.07) is 10.2. The molecular weight excluding hydrogens is 402 g/mol. The van der Waals surface area contributed by atoms with Crippen molar-refractivity contribution in [1.82, 2.24) is 4.90 Å². The quantitative estimate of drug-likeness (QED) is 0.556. The molecule has 0 amide bonds. The Balaban J connectivity index is 1.26. The molecule has 2 aliphatic heterocycles. The average molecular weight is 440 g/mol. The Morgan fingerprint density at radius 3 is 2.62 bits per heavy atom. The number of ether oxygens (including phenoxy) is 1. The fourth-order valence-electron chi connectivity index (χ4n) is 6.86. The van der Waals surface area contributed by atoms with Gasteiger partial charge in [0.25, 0.3) is 0 Å². The minimum atomic E-state index is -0.689. The van der Waals surface area contributed by atoms with Crippen LogP contribution in [0.25, 0.3) is 0 Å². The van der Waals surface area contributed by atoms with Crippen molar-refractivity contribution in [2.75, 3.05) is 19.6 Å². The number of carbonyl (C=O) groups is 1. The summed E-state index contributed by atoms with van der Waals surface area (Å²) in [6.07, 6.45) is 6.48. The van der Waals surface area contributed by atoms with Gasteiger partial charge in [0, 0.05) is 43.8 Å². The molecule has 2 aliphatic carbocycles. The van der Waals surface area contributed by atoms with E-state index in [0.717, 1.165) is 37.9 Å². The van der Waals surface area contributed by atoms with Crippen molar-refractivity contribution in [3.8, 4) is 0 Å². The molecule has 5 heteroatoms. The Morgan fingerprint density at radius 2 is 1.91 bits per heavy atom. The molecule has 4 aliphatic rings. The molecule has 2 N–H and O–H groups in total. The fraction of sp³-hybridized carbons (Fsp3) is 0.667. The monoisotopic (exact) mass is 439 g/mol. The summed E-state index contributed by atoms with van der Waals surface area (Å²) in [5.41, 5.74) is 1.49. The van der Waals surface area contributed by atoms with E-state index in [1.807, 2.05) is 18.2 Å². The van der Waals surface area contributed by atoms with E-state index < -0.39 is 11.7 Å². The van der Waals surface area contributed by atoms with Gasteiger partial charge in [0.1, 0.15) is 6.10 Å². The summed E-state index contributed by atoms with van der Waals surface area (Å²) in [4.78, 5) is 15.2. The molecule has 5 nitrogen and oxygen atoms in total. The first-order chi connectivity index (χ1) is 15.3. The first-order valence-electron chi connectivity index (χ1n) is 12.4. The topological polar surface area (TPSA) is 70.0 Å². The number of nitrogens with zero attached hydrogens (tertiary/aromatic N) is 1. The molecule has 32 heavy (non-hydrogen) atoms. The maximum absolute atomic E-state index is 12.9. The highest BCUT2D eigenvalue weighted by molar-refractivity contribution is 5.76. The van der Waals surface area contributed by atoms with Gasteiger partial charge in [-0.1, -0.05) is 55.8 Å². The molecule has 2 saturated heterocycles. The first kappa shape index (κ1) is 22.1. The summed E-state index contributed by atoms with van der Waals surface area (Å²) in [6.45, 7) is 6.57. The van der Waals surface area contributed by atoms with E-state index in [2.05, 4.69) is 37.0 Å². The van der Waals surface area contributed by atoms with Crippen LogP contribution in [0.4, 0.5) is 0 Å². The number of carbonyl (C=O) groups excluding carboxylic acids is 1. The Hall–Kier alpha value is -1.69. The van der Waals surface area contributed by atoms with Gasteiger partial charge in [-0.05, 0) is 37.2 Å². The van der Waals surface area contributed by atoms with Crippen LogP contribution in [0.1, 0.15) is 51.5 Å². The number of benzene rings is 1. The van der Waals surface area contributed by atoms with E-state index in [0.29, 0.717) is 31.7 Å². The number of hydrogen-bond acceptors (Lipinski definition) is 5. The molecule has 174 valence electrons. The molecule has 1 aromatic carbocycles. The van der Waals surface area contributed by atoms with E-state index in [-0.39, 0.29) is 29.3 Å². The van der Waals surface area contributed by atoms with Crippen LogP contribution in [0.15, 0.2) is 42.0 Å². The maximum atomic E-state index is 12.9. The molecule has 0 radical (unpaired) electrons. The normalized spacial score (nSPS) is 39.1. The third kappa shape index (κ3) is 3.72. The van der Waals surface area contributed by atoms with Gasteiger partial charge in [-0.2, -0.15) is 0 Å². The molecule has 0 spiro atoms. The summed E-state index contributed by atoms with van der Waals surface area (Å²) in [5, 5.41) is 22.7. The van der Waals surface area contributed by atoms with Crippen LogP contribution in [0.5, 0.6) is 0 Å². The van der Waals surface area contributed by atoms with Crippen LogP contribution in [-0.2, 0) is 16.0 Å². The van der Waals surface area contributed by atoms with Crippen LogP contribution >= 0.6 is 0 Å². The summed E-state index contributed by atoms with van der Waals surface area (Å²) in [7, 11) is 0. The molecule has 3 fully saturated rings. The third-order valence-corrected chi connectivity index (χ3v) is 9.19. The Labute approximate surface area is 191 Å². The van der Waals surface area contributed by atoms with Gasteiger partial charge >= 0.3 is 5.97 Å². The zero-order chi connectivity index (χ0) is 22.5. The van der Waals surface area contributed by atoms with Crippen molar-refractivity contribution < 1.29 is 19.7 Å². The van der Waals surface area contributed by atoms with Gasteiger partial charge in [-0.25, -0.2) is 0 Å². The zero-order valence-corrected chi connectivity index (χ0v) is 19.4. The van der Waals surface area contributed by atoms with Crippen LogP contribution in [-0.4, -0.2) is 58.5 Å². The molecule has 5 rings (SSSR count). The predicted molar refractivity (Wildman–Crippen MR) is 123 cm³/mol. The molecule has 1 saturated carbocycles. The van der Waals surface area contributed by atoms with Gasteiger partial charge < -0.3 is 19.8 Å². The van der Waals surface area contributed by atoms with Crippen LogP contribution in [0.2, 0.25) is 0 Å². The van der Waals surface area contributed by atoms with Gasteiger partial charge in [0.15, 0.2) is 0 Å². The second-order valence-corrected chi connectivity index (χ2v) is 11.0. The highest BCUT2D eigenvalue weighted by Crippen LogP contribution is 2.56. The van der Waals surface area contributed by atoms with Crippen molar-refractivity contribution in [2.45, 2.75) is 70.2 Å². The van der Waals surface area contributed by atoms with Gasteiger partial charge in [0.2, 0.25) is 0 Å². The highest BCUT2D eigenvalue weighted by Gasteiger charge is 2.59. The first-order valence-corrected chi connectivity index (χ1v) is 12.4. The van der Waals surface area contributed by atoms with Gasteiger partial charge in [-0.15, -0.1) is 0 Å². The third-order valence-electron chi connectivity index (χ3n) is 9.19. The number of esters is 1. The number of rotatable bonds is 4. The van der Waals surface area contributed by atoms with E-state index in [1.54, 1.807) is 0 Å². The van der Waals surface area contributed by atoms with Crippen molar-refractivity contribution in [2.24, 2.45) is 23.2 Å². The largest absolute Gasteiger partial charge is 0.461 e. The zero-order valence-electron chi connectivity index (χ0n) is 19.4. The number of hydrogen-bond donors (Lipinski definition) is 2. The summed E-state index contributed by atoms with van der Waals surface area (Å²) < 4.78 is 5.82. The molecule has 1 aromatic rings. The number of aliphatic hydroxyl groups is 2. The van der Waals surface area contributed by atoms with Crippen LogP contribution in [0.3, 0.4) is 0 Å². The van der Waals surface area contributed by atoms with Gasteiger partial charge in [-0.3, -0.25) is 4.79 Å². The molecule has 0 aromatic heterocycles. The van der Waals surface area contributed by atoms with E-state index >= 15 is 0 Å². The minimum Gasteiger partial charge on any atom is -0.461 e. The second-order valence-electron chi connectivity index (χ2n) is 11.0. The van der Waals surface area contributed by atoms with E-state index in [1.165, 1.54) is 5.57 Å². The van der Waals surface area contributed by atoms with Gasteiger partial charge in [0.05, 0.1) is 17.6 Å². The lowest BCUT2D eigenvalue weighted by molar-refractivity contribution is -0.145. The predicted octanol–water partition coefficient (Wildman–Crippen LogP) is 3.34. The van der Waals surface area contributed by atoms with Crippen LogP contribution < -0.4 is 0 Å². The SMILES string of the molecule is C[C@@H]1CCC=C2C[C@H]3OC(=O)[C@@H](CN4CCC(O)(Cc5ccccc5)CC4)[C@@H]3[C@H](O)[C@@]21C. The Bertz CT molecular complexity index is 875. The lowest BCUT2D eigenvalue weighted by atomic mass is 9.55. The summed E-state index contributed by atoms with van der Waals surface area (Å²) in [5.74, 6) is -0.185. The number of likely N-dealkylation sites (tertiary alicyclic amines) is 1. The lowest BCUT2D eigenvalue weighted by Gasteiger charge is -2.52. The molecule has 6 atom stereocenters. The van der Waals surface area contributed by atoms with Crippen molar-refractivity contribution in [1.29, 1.82) is 0 Å². The Morgan fingerprint density at radius 1 is 1.19 bits per heavy atom. The molecule has 0 unspecified atom stereocenters. The molecule has 0 bridgehead atoms. The average Bonchev–Trinajstić information content (AvgIpc) is 3.08. The number of piperidine rings is 1. The molecular formula is C27H37NO4. The summed E-state index contributed by atoms with van der Waals surface area (Å²) >= 11 is 0. The van der Waals surface area contributed by atoms with Crippen LogP contribution in [0, 0.1) is 23.2 Å². The second kappa shape index (κ2) is 8.27. The number of allylic oxidation sites excluding steroid dienone is 1. The number of aliphatic hydroxyl groups excluding tert-OH is 1. The smallest absolute Gasteiger partial charge is 0.311 e. The van der Waals surface area contributed by atoms with Crippen molar-refractivity contribution >= 4 is 5.97 Å². The Kier molecular flexibility index (Phi) is 5.71. The molecule has 2 heterocycles. The lowest BCUT2D eigenvalue weighted by Crippen LogP contribution is -2.55. The van der Waals surface area contributed by atoms with Crippen molar-refractivity contribution in [3.63, 3.8) is 0 Å². The highest BCUT2D eigenvalue weighted by atomic mass is 16.6. The van der Waals surface area contributed by atoms with E-state index in [9.17, 15) is 15.0 Å². The number of fused-ring (bicyclic) bond motifs is 2. The fourth-order valence-corrected chi connectivity index (χ4v) is 6.86. The maximum Gasteiger partial charge on any atom is 0.311 e. The minimum absolute atomic E-state index is 0.143. The van der Waals surface area contributed by atoms with Crippen molar-refractivity contribution in [3.05, 3.63) is 47.5 Å². The standard InChI is InChI=1S/C27H37NO4/c1-18-7-6-10-20-15-22-23(24(29)26(18,20)2)21(25(30)32-22)17-28-13-11-27(31,12-14-28)16-19-8-4-3-5-9-19/h3-5,8-10,18,21-24,29,31H,6-7,11-17H2,1-2H3/t18-,21+,22-,23+,24+,26-/m1/s1. The van der Waals surface area contributed by atoms with E-state index in [4.69, 9.17) is 4.74 Å².